The van der Waals surface area contributed by atoms with Gasteiger partial charge in [0.25, 0.3) is 5.91 Å². The van der Waals surface area contributed by atoms with Crippen LogP contribution in [0.4, 0.5) is 10.5 Å². The summed E-state index contributed by atoms with van der Waals surface area (Å²) in [6.07, 6.45) is 0.488. The Labute approximate surface area is 183 Å². The second kappa shape index (κ2) is 9.34. The van der Waals surface area contributed by atoms with Gasteiger partial charge in [-0.3, -0.25) is 4.79 Å². The molecule has 0 aliphatic carbocycles. The molecule has 0 spiro atoms. The third kappa shape index (κ3) is 5.04. The summed E-state index contributed by atoms with van der Waals surface area (Å²) in [5.74, 6) is -0.0408. The Bertz CT molecular complexity index is 910. The van der Waals surface area contributed by atoms with Crippen LogP contribution in [0.5, 0.6) is 5.06 Å². The van der Waals surface area contributed by atoms with E-state index in [9.17, 15) is 14.7 Å². The molecule has 0 saturated carbocycles. The zero-order valence-corrected chi connectivity index (χ0v) is 18.4. The molecule has 0 bridgehead atoms. The summed E-state index contributed by atoms with van der Waals surface area (Å²) < 4.78 is 5.05. The van der Waals surface area contributed by atoms with E-state index >= 15 is 0 Å². The summed E-state index contributed by atoms with van der Waals surface area (Å²) in [6, 6.07) is 6.31. The molecule has 2 N–H and O–H groups in total. The van der Waals surface area contributed by atoms with Crippen LogP contribution in [0.3, 0.4) is 0 Å². The lowest BCUT2D eigenvalue weighted by Crippen LogP contribution is -2.37. The maximum absolute atomic E-state index is 13.3. The van der Waals surface area contributed by atoms with Crippen LogP contribution < -0.4 is 15.0 Å². The highest BCUT2D eigenvalue weighted by molar-refractivity contribution is 7.14. The predicted molar refractivity (Wildman–Crippen MR) is 116 cm³/mol. The van der Waals surface area contributed by atoms with Gasteiger partial charge in [0.2, 0.25) is 5.06 Å². The number of thiophene rings is 1. The van der Waals surface area contributed by atoms with Crippen molar-refractivity contribution in [2.45, 2.75) is 38.6 Å². The van der Waals surface area contributed by atoms with Crippen LogP contribution in [0.1, 0.15) is 47.8 Å². The molecule has 29 heavy (non-hydrogen) atoms. The zero-order valence-electron chi connectivity index (χ0n) is 16.1. The zero-order chi connectivity index (χ0) is 21.1. The largest absolute Gasteiger partial charge is 0.512 e. The van der Waals surface area contributed by atoms with Gasteiger partial charge in [-0.2, -0.15) is 0 Å². The fourth-order valence-corrected chi connectivity index (χ4v) is 5.08. The Kier molecular flexibility index (Phi) is 7.05. The van der Waals surface area contributed by atoms with Gasteiger partial charge in [0.1, 0.15) is 0 Å². The van der Waals surface area contributed by atoms with Crippen LogP contribution in [-0.4, -0.2) is 36.3 Å². The minimum Gasteiger partial charge on any atom is -0.449 e. The van der Waals surface area contributed by atoms with Crippen molar-refractivity contribution in [3.63, 3.8) is 0 Å². The van der Waals surface area contributed by atoms with Gasteiger partial charge in [-0.05, 0) is 70.0 Å². The van der Waals surface area contributed by atoms with E-state index in [0.717, 1.165) is 30.8 Å². The van der Waals surface area contributed by atoms with Crippen LogP contribution in [0.2, 0.25) is 10.0 Å². The fraction of sp³-hybridized carbons (Fsp3) is 0.400. The lowest BCUT2D eigenvalue weighted by molar-refractivity contribution is 0.0978. The molecule has 2 aromatic rings. The van der Waals surface area contributed by atoms with Gasteiger partial charge in [0, 0.05) is 15.9 Å². The van der Waals surface area contributed by atoms with Gasteiger partial charge >= 0.3 is 6.16 Å². The molecule has 1 saturated heterocycles. The number of rotatable bonds is 5. The van der Waals surface area contributed by atoms with E-state index in [2.05, 4.69) is 5.32 Å². The Morgan fingerprint density at radius 2 is 1.93 bits per heavy atom. The number of anilines is 1. The summed E-state index contributed by atoms with van der Waals surface area (Å²) in [5, 5.41) is 13.4. The van der Waals surface area contributed by atoms with Gasteiger partial charge in [0.15, 0.2) is 0 Å². The summed E-state index contributed by atoms with van der Waals surface area (Å²) in [4.78, 5) is 27.1. The van der Waals surface area contributed by atoms with Crippen LogP contribution in [0, 0.1) is 0 Å². The number of carbonyl (C=O) groups is 2. The number of carboxylic acid groups (broad SMARTS) is 1. The first-order chi connectivity index (χ1) is 13.8. The quantitative estimate of drug-likeness (QED) is 0.569. The SMILES string of the molecule is CC(C)N(C(=O)c1ccc(Cl)cc1Cl)c1cc(C2CCNCC2)sc1OC(=O)O. The second-order valence-corrected chi connectivity index (χ2v) is 9.00. The Morgan fingerprint density at radius 3 is 2.52 bits per heavy atom. The van der Waals surface area contributed by atoms with Gasteiger partial charge < -0.3 is 20.1 Å². The average Bonchev–Trinajstić information content (AvgIpc) is 3.05. The lowest BCUT2D eigenvalue weighted by Gasteiger charge is -2.27. The average molecular weight is 457 g/mol. The fourth-order valence-electron chi connectivity index (χ4n) is 3.43. The molecule has 0 unspecified atom stereocenters. The van der Waals surface area contributed by atoms with Gasteiger partial charge in [0.05, 0.1) is 16.3 Å². The van der Waals surface area contributed by atoms with E-state index in [4.69, 9.17) is 27.9 Å². The summed E-state index contributed by atoms with van der Waals surface area (Å²) >= 11 is 13.5. The molecule has 1 amide bonds. The molecule has 6 nitrogen and oxygen atoms in total. The van der Waals surface area contributed by atoms with Crippen LogP contribution in [0.25, 0.3) is 0 Å². The Morgan fingerprint density at radius 1 is 1.24 bits per heavy atom. The number of piperidine rings is 1. The highest BCUT2D eigenvalue weighted by Crippen LogP contribution is 2.44. The van der Waals surface area contributed by atoms with E-state index in [1.165, 1.54) is 22.3 Å². The summed E-state index contributed by atoms with van der Waals surface area (Å²) in [6.45, 7) is 5.52. The van der Waals surface area contributed by atoms with Gasteiger partial charge in [-0.1, -0.05) is 23.2 Å². The smallest absolute Gasteiger partial charge is 0.449 e. The van der Waals surface area contributed by atoms with Crippen LogP contribution in [-0.2, 0) is 0 Å². The normalized spacial score (nSPS) is 14.8. The first-order valence-corrected chi connectivity index (χ1v) is 10.9. The van der Waals surface area contributed by atoms with E-state index < -0.39 is 6.16 Å². The molecule has 1 aliphatic heterocycles. The number of amides is 1. The molecule has 2 heterocycles. The van der Waals surface area contributed by atoms with Crippen molar-refractivity contribution >= 4 is 52.3 Å². The number of ether oxygens (including phenoxy) is 1. The number of hydrogen-bond donors (Lipinski definition) is 2. The van der Waals surface area contributed by atoms with Crippen molar-refractivity contribution in [3.8, 4) is 5.06 Å². The predicted octanol–water partition coefficient (Wildman–Crippen LogP) is 5.63. The maximum Gasteiger partial charge on any atom is 0.512 e. The van der Waals surface area contributed by atoms with Gasteiger partial charge in [-0.25, -0.2) is 4.79 Å². The number of benzene rings is 1. The molecule has 1 aliphatic rings. The minimum atomic E-state index is -1.41. The number of carbonyl (C=O) groups excluding carboxylic acids is 1. The number of halogens is 2. The summed E-state index contributed by atoms with van der Waals surface area (Å²) in [5.41, 5.74) is 0.734. The topological polar surface area (TPSA) is 78.9 Å². The summed E-state index contributed by atoms with van der Waals surface area (Å²) in [7, 11) is 0. The van der Waals surface area contributed by atoms with E-state index in [-0.39, 0.29) is 22.0 Å². The first-order valence-electron chi connectivity index (χ1n) is 9.31. The monoisotopic (exact) mass is 456 g/mol. The molecule has 1 fully saturated rings. The highest BCUT2D eigenvalue weighted by Gasteiger charge is 2.30. The molecular weight excluding hydrogens is 435 g/mol. The molecule has 3 rings (SSSR count). The number of hydrogen-bond acceptors (Lipinski definition) is 5. The molecule has 156 valence electrons. The highest BCUT2D eigenvalue weighted by atomic mass is 35.5. The van der Waals surface area contributed by atoms with E-state index in [0.29, 0.717) is 22.2 Å². The lowest BCUT2D eigenvalue weighted by atomic mass is 9.96. The van der Waals surface area contributed by atoms with Crippen molar-refractivity contribution in [1.29, 1.82) is 0 Å². The second-order valence-electron chi connectivity index (χ2n) is 7.11. The van der Waals surface area contributed by atoms with Crippen molar-refractivity contribution in [2.24, 2.45) is 0 Å². The third-order valence-electron chi connectivity index (χ3n) is 4.78. The van der Waals surface area contributed by atoms with Crippen molar-refractivity contribution in [3.05, 3.63) is 44.8 Å². The van der Waals surface area contributed by atoms with E-state index in [1.807, 2.05) is 19.9 Å². The van der Waals surface area contributed by atoms with E-state index in [1.54, 1.807) is 12.1 Å². The minimum absolute atomic E-state index is 0.193. The third-order valence-corrected chi connectivity index (χ3v) is 6.49. The molecule has 1 aromatic carbocycles. The number of nitrogens with zero attached hydrogens (tertiary/aromatic N) is 1. The maximum atomic E-state index is 13.3. The van der Waals surface area contributed by atoms with Crippen molar-refractivity contribution in [2.75, 3.05) is 18.0 Å². The molecule has 0 atom stereocenters. The van der Waals surface area contributed by atoms with Crippen LogP contribution in [0.15, 0.2) is 24.3 Å². The molecule has 9 heteroatoms. The van der Waals surface area contributed by atoms with Crippen molar-refractivity contribution in [1.82, 2.24) is 5.32 Å². The van der Waals surface area contributed by atoms with Crippen molar-refractivity contribution < 1.29 is 19.4 Å². The Hall–Kier alpha value is -1.80. The number of nitrogens with one attached hydrogen (secondary N) is 1. The first kappa shape index (κ1) is 21.9. The molecule has 1 aromatic heterocycles. The molecular formula is C20H22Cl2N2O4S. The molecule has 0 radical (unpaired) electrons. The van der Waals surface area contributed by atoms with Gasteiger partial charge in [-0.15, -0.1) is 11.3 Å². The Balaban J connectivity index is 2.03. The standard InChI is InChI=1S/C20H22Cl2N2O4S/c1-11(2)24(18(25)14-4-3-13(21)9-15(14)22)16-10-17(12-5-7-23-8-6-12)29-19(16)28-20(26)27/h3-4,9-12,23H,5-8H2,1-2H3,(H,26,27). The van der Waals surface area contributed by atoms with Crippen LogP contribution >= 0.6 is 34.5 Å².